The van der Waals surface area contributed by atoms with Crippen LogP contribution in [0.5, 0.6) is 0 Å². The van der Waals surface area contributed by atoms with Crippen LogP contribution >= 0.6 is 0 Å². The number of anilines is 1. The molecule has 1 saturated heterocycles. The van der Waals surface area contributed by atoms with E-state index in [1.54, 1.807) is 16.7 Å². The molecule has 0 radical (unpaired) electrons. The molecule has 3 aromatic rings. The molecule has 1 aliphatic carbocycles. The normalized spacial score (nSPS) is 22.7. The molecule has 8 heteroatoms. The smallest absolute Gasteiger partial charge is 0.250 e. The second-order valence-corrected chi connectivity index (χ2v) is 12.9. The van der Waals surface area contributed by atoms with Crippen LogP contribution in [0.25, 0.3) is 22.0 Å². The van der Waals surface area contributed by atoms with E-state index in [4.69, 9.17) is 10.5 Å². The van der Waals surface area contributed by atoms with Crippen LogP contribution in [0.4, 0.5) is 10.1 Å². The van der Waals surface area contributed by atoms with Crippen LogP contribution < -0.4 is 11.1 Å². The largest absolute Gasteiger partial charge is 0.382 e. The SMILES string of the molecule is CC1(C)CC(=O)n2c(c(-c3ccc(C(N)=O)c(NC4CCC(OCCN5CCCC5)CC4)c3)c3ccc(F)cc32)C1. The van der Waals surface area contributed by atoms with Gasteiger partial charge in [-0.3, -0.25) is 14.2 Å². The number of ether oxygens (including phenoxy) is 1. The Hall–Kier alpha value is -3.23. The van der Waals surface area contributed by atoms with Crippen LogP contribution in [0.2, 0.25) is 0 Å². The molecule has 3 aliphatic rings. The maximum atomic E-state index is 14.3. The van der Waals surface area contributed by atoms with Gasteiger partial charge in [0.1, 0.15) is 5.82 Å². The number of nitrogens with zero attached hydrogens (tertiary/aromatic N) is 2. The summed E-state index contributed by atoms with van der Waals surface area (Å²) in [4.78, 5) is 28.2. The number of fused-ring (bicyclic) bond motifs is 3. The zero-order valence-electron chi connectivity index (χ0n) is 24.2. The molecule has 0 unspecified atom stereocenters. The van der Waals surface area contributed by atoms with Crippen molar-refractivity contribution in [3.05, 3.63) is 53.5 Å². The molecule has 6 rings (SSSR count). The van der Waals surface area contributed by atoms with Gasteiger partial charge in [0.15, 0.2) is 0 Å². The first-order chi connectivity index (χ1) is 19.7. The van der Waals surface area contributed by atoms with Gasteiger partial charge >= 0.3 is 0 Å². The van der Waals surface area contributed by atoms with Crippen molar-refractivity contribution in [1.82, 2.24) is 9.47 Å². The summed E-state index contributed by atoms with van der Waals surface area (Å²) in [6.07, 6.45) is 7.80. The Balaban J connectivity index is 1.25. The summed E-state index contributed by atoms with van der Waals surface area (Å²) in [6, 6.07) is 10.5. The Labute approximate surface area is 241 Å². The number of aromatic nitrogens is 1. The van der Waals surface area contributed by atoms with Crippen molar-refractivity contribution in [1.29, 1.82) is 0 Å². The number of benzene rings is 2. The molecule has 218 valence electrons. The summed E-state index contributed by atoms with van der Waals surface area (Å²) in [5.74, 6) is -0.881. The van der Waals surface area contributed by atoms with E-state index in [1.807, 2.05) is 12.1 Å². The molecule has 2 fully saturated rings. The van der Waals surface area contributed by atoms with Crippen molar-refractivity contribution in [2.24, 2.45) is 11.1 Å². The van der Waals surface area contributed by atoms with E-state index in [1.165, 1.54) is 38.1 Å². The number of carbonyl (C=O) groups excluding carboxylic acids is 2. The van der Waals surface area contributed by atoms with E-state index in [-0.39, 0.29) is 29.3 Å². The molecule has 0 atom stereocenters. The highest BCUT2D eigenvalue weighted by Gasteiger charge is 2.35. The fourth-order valence-corrected chi connectivity index (χ4v) is 7.08. The minimum atomic E-state index is -0.486. The molecule has 3 heterocycles. The lowest BCUT2D eigenvalue weighted by molar-refractivity contribution is 0.0170. The molecule has 2 aliphatic heterocycles. The van der Waals surface area contributed by atoms with Crippen molar-refractivity contribution in [2.45, 2.75) is 77.4 Å². The maximum Gasteiger partial charge on any atom is 0.250 e. The number of likely N-dealkylation sites (tertiary alicyclic amines) is 1. The van der Waals surface area contributed by atoms with Crippen molar-refractivity contribution in [3.8, 4) is 11.1 Å². The average molecular weight is 561 g/mol. The fourth-order valence-electron chi connectivity index (χ4n) is 7.08. The molecule has 41 heavy (non-hydrogen) atoms. The van der Waals surface area contributed by atoms with Crippen molar-refractivity contribution < 1.29 is 18.7 Å². The predicted octanol–water partition coefficient (Wildman–Crippen LogP) is 5.99. The number of nitrogens with one attached hydrogen (secondary N) is 1. The molecule has 7 nitrogen and oxygen atoms in total. The Bertz CT molecular complexity index is 1460. The standard InChI is InChI=1S/C33H41FN4O3/c1-33(2)19-29-31(26-12-6-22(34)18-28(26)38(29)30(39)20-33)21-5-11-25(32(35)40)27(17-21)36-23-7-9-24(10-8-23)41-16-15-37-13-3-4-14-37/h5-6,11-12,17-18,23-24,36H,3-4,7-10,13-16,19-20H2,1-2H3,(H2,35,40). The number of nitrogens with two attached hydrogens (primary N) is 1. The van der Waals surface area contributed by atoms with Crippen LogP contribution in [-0.2, 0) is 11.2 Å². The monoisotopic (exact) mass is 560 g/mol. The Morgan fingerprint density at radius 3 is 2.56 bits per heavy atom. The number of hydrogen-bond acceptors (Lipinski definition) is 5. The number of rotatable bonds is 8. The van der Waals surface area contributed by atoms with Crippen LogP contribution in [-0.4, -0.2) is 59.7 Å². The van der Waals surface area contributed by atoms with Crippen LogP contribution in [0.3, 0.4) is 0 Å². The van der Waals surface area contributed by atoms with Crippen molar-refractivity contribution in [2.75, 3.05) is 31.6 Å². The first-order valence-corrected chi connectivity index (χ1v) is 15.1. The van der Waals surface area contributed by atoms with Gasteiger partial charge in [-0.05, 0) is 99.3 Å². The molecule has 1 amide bonds. The highest BCUT2D eigenvalue weighted by Crippen LogP contribution is 2.43. The maximum absolute atomic E-state index is 14.3. The van der Waals surface area contributed by atoms with Gasteiger partial charge < -0.3 is 20.7 Å². The van der Waals surface area contributed by atoms with E-state index in [0.717, 1.165) is 61.0 Å². The molecular formula is C33H41FN4O3. The highest BCUT2D eigenvalue weighted by molar-refractivity contribution is 6.06. The van der Waals surface area contributed by atoms with Crippen LogP contribution in [0.1, 0.15) is 79.6 Å². The Morgan fingerprint density at radius 1 is 1.07 bits per heavy atom. The minimum absolute atomic E-state index is 0.0235. The van der Waals surface area contributed by atoms with E-state index < -0.39 is 5.91 Å². The summed E-state index contributed by atoms with van der Waals surface area (Å²) in [7, 11) is 0. The third kappa shape index (κ3) is 5.77. The lowest BCUT2D eigenvalue weighted by Crippen LogP contribution is -2.32. The molecule has 1 saturated carbocycles. The van der Waals surface area contributed by atoms with Gasteiger partial charge in [-0.25, -0.2) is 4.39 Å². The second-order valence-electron chi connectivity index (χ2n) is 12.9. The number of primary amides is 1. The van der Waals surface area contributed by atoms with Crippen molar-refractivity contribution >= 4 is 28.4 Å². The van der Waals surface area contributed by atoms with Gasteiger partial charge in [-0.15, -0.1) is 0 Å². The number of amides is 1. The third-order valence-corrected chi connectivity index (χ3v) is 9.12. The molecule has 2 aromatic carbocycles. The lowest BCUT2D eigenvalue weighted by Gasteiger charge is -2.31. The highest BCUT2D eigenvalue weighted by atomic mass is 19.1. The Kier molecular flexibility index (Phi) is 7.64. The van der Waals surface area contributed by atoms with Gasteiger partial charge in [-0.1, -0.05) is 19.9 Å². The van der Waals surface area contributed by atoms with E-state index >= 15 is 0 Å². The summed E-state index contributed by atoms with van der Waals surface area (Å²) >= 11 is 0. The third-order valence-electron chi connectivity index (χ3n) is 9.12. The topological polar surface area (TPSA) is 89.6 Å². The summed E-state index contributed by atoms with van der Waals surface area (Å²) in [5, 5.41) is 4.45. The van der Waals surface area contributed by atoms with Crippen molar-refractivity contribution in [3.63, 3.8) is 0 Å². The van der Waals surface area contributed by atoms with E-state index in [2.05, 4.69) is 24.1 Å². The van der Waals surface area contributed by atoms with Gasteiger partial charge in [0.05, 0.1) is 23.8 Å². The van der Waals surface area contributed by atoms with Crippen LogP contribution in [0.15, 0.2) is 36.4 Å². The molecule has 0 bridgehead atoms. The summed E-state index contributed by atoms with van der Waals surface area (Å²) in [5.41, 5.74) is 10.00. The Morgan fingerprint density at radius 2 is 1.83 bits per heavy atom. The molecular weight excluding hydrogens is 519 g/mol. The zero-order valence-corrected chi connectivity index (χ0v) is 24.2. The van der Waals surface area contributed by atoms with E-state index in [0.29, 0.717) is 29.6 Å². The molecule has 3 N–H and O–H groups in total. The number of hydrogen-bond donors (Lipinski definition) is 2. The first kappa shape index (κ1) is 27.9. The predicted molar refractivity (Wildman–Crippen MR) is 160 cm³/mol. The summed E-state index contributed by atoms with van der Waals surface area (Å²) < 4.78 is 22.2. The van der Waals surface area contributed by atoms with Gasteiger partial charge in [-0.2, -0.15) is 0 Å². The van der Waals surface area contributed by atoms with Gasteiger partial charge in [0.25, 0.3) is 5.91 Å². The van der Waals surface area contributed by atoms with Gasteiger partial charge in [0.2, 0.25) is 5.91 Å². The number of halogens is 1. The minimum Gasteiger partial charge on any atom is -0.382 e. The lowest BCUT2D eigenvalue weighted by atomic mass is 9.80. The quantitative estimate of drug-likeness (QED) is 0.353. The number of carbonyl (C=O) groups is 2. The fraction of sp³-hybridized carbons (Fsp3) is 0.515. The summed E-state index contributed by atoms with van der Waals surface area (Å²) in [6.45, 7) is 8.36. The second kappa shape index (κ2) is 11.2. The molecule has 0 spiro atoms. The van der Waals surface area contributed by atoms with Crippen LogP contribution in [0, 0.1) is 11.2 Å². The van der Waals surface area contributed by atoms with E-state index in [9.17, 15) is 14.0 Å². The zero-order chi connectivity index (χ0) is 28.7. The first-order valence-electron chi connectivity index (χ1n) is 15.1. The van der Waals surface area contributed by atoms with Gasteiger partial charge in [0, 0.05) is 41.3 Å². The average Bonchev–Trinajstić information content (AvgIpc) is 3.54. The molecule has 1 aromatic heterocycles.